The summed E-state index contributed by atoms with van der Waals surface area (Å²) in [6, 6.07) is 0. The molecule has 4 heteroatoms. The summed E-state index contributed by atoms with van der Waals surface area (Å²) in [4.78, 5) is 24.4. The van der Waals surface area contributed by atoms with E-state index < -0.39 is 0 Å². The third kappa shape index (κ3) is 2.47. The molecule has 7 aliphatic rings. The Balaban J connectivity index is 1.41. The Labute approximate surface area is 178 Å². The van der Waals surface area contributed by atoms with Crippen molar-refractivity contribution in [3.63, 3.8) is 0 Å². The van der Waals surface area contributed by atoms with Crippen LogP contribution in [0.15, 0.2) is 22.3 Å². The molecule has 160 valence electrons. The van der Waals surface area contributed by atoms with E-state index in [0.717, 1.165) is 25.7 Å². The van der Waals surface area contributed by atoms with Crippen molar-refractivity contribution >= 4 is 11.6 Å². The predicted octanol–water partition coefficient (Wildman–Crippen LogP) is 4.47. The summed E-state index contributed by atoms with van der Waals surface area (Å²) in [5.74, 6) is 2.98. The molecule has 5 fully saturated rings. The van der Waals surface area contributed by atoms with Gasteiger partial charge in [0.25, 0.3) is 0 Å². The number of ether oxygens (including phenoxy) is 2. The van der Waals surface area contributed by atoms with E-state index in [1.165, 1.54) is 36.8 Å². The molecule has 2 heterocycles. The van der Waals surface area contributed by atoms with E-state index in [1.54, 1.807) is 11.1 Å². The number of hydrogen-bond donors (Lipinski definition) is 0. The molecular formula is C26H32O4. The fraction of sp³-hybridized carbons (Fsp3) is 0.769. The van der Waals surface area contributed by atoms with Crippen LogP contribution in [0, 0.1) is 23.7 Å². The van der Waals surface area contributed by atoms with Crippen LogP contribution in [0.3, 0.4) is 0 Å². The average molecular weight is 409 g/mol. The monoisotopic (exact) mass is 408 g/mol. The van der Waals surface area contributed by atoms with Crippen LogP contribution in [0.5, 0.6) is 0 Å². The molecule has 0 saturated heterocycles. The van der Waals surface area contributed by atoms with Crippen LogP contribution in [0.4, 0.5) is 0 Å². The second-order valence-corrected chi connectivity index (χ2v) is 10.9. The minimum atomic E-state index is 0.0559. The van der Waals surface area contributed by atoms with Gasteiger partial charge in [0.15, 0.2) is 0 Å². The lowest BCUT2D eigenvalue weighted by atomic mass is 9.50. The highest BCUT2D eigenvalue weighted by molar-refractivity contribution is 5.82. The zero-order valence-corrected chi connectivity index (χ0v) is 17.7. The third-order valence-corrected chi connectivity index (χ3v) is 9.56. The molecule has 5 saturated carbocycles. The molecule has 30 heavy (non-hydrogen) atoms. The first kappa shape index (κ1) is 18.3. The minimum absolute atomic E-state index is 0.0559. The van der Waals surface area contributed by atoms with E-state index in [1.807, 2.05) is 0 Å². The maximum Gasteiger partial charge on any atom is 0.136 e. The number of hydrogen-bond acceptors (Lipinski definition) is 4. The van der Waals surface area contributed by atoms with Crippen LogP contribution in [0.25, 0.3) is 0 Å². The maximum absolute atomic E-state index is 12.2. The summed E-state index contributed by atoms with van der Waals surface area (Å²) < 4.78 is 13.4. The van der Waals surface area contributed by atoms with E-state index in [-0.39, 0.29) is 12.2 Å². The van der Waals surface area contributed by atoms with Gasteiger partial charge in [0.05, 0.1) is 24.4 Å². The summed E-state index contributed by atoms with van der Waals surface area (Å²) in [7, 11) is 0. The normalized spacial score (nSPS) is 47.3. The van der Waals surface area contributed by atoms with E-state index >= 15 is 0 Å². The lowest BCUT2D eigenvalue weighted by molar-refractivity contribution is -0.137. The van der Waals surface area contributed by atoms with Gasteiger partial charge >= 0.3 is 0 Å². The molecule has 0 N–H and O–H groups in total. The number of carbonyl (C=O) groups is 2. The zero-order chi connectivity index (χ0) is 20.0. The number of Topliss-reactive ketones (excluding diaryl/α,β-unsaturated/α-hetero) is 2. The molecule has 0 bridgehead atoms. The van der Waals surface area contributed by atoms with Crippen molar-refractivity contribution in [3.8, 4) is 0 Å². The summed E-state index contributed by atoms with van der Waals surface area (Å²) in [6.07, 6.45) is 12.4. The van der Waals surface area contributed by atoms with E-state index in [9.17, 15) is 9.59 Å². The van der Waals surface area contributed by atoms with Crippen molar-refractivity contribution < 1.29 is 19.1 Å². The maximum atomic E-state index is 12.2. The lowest BCUT2D eigenvalue weighted by Crippen LogP contribution is -2.57. The van der Waals surface area contributed by atoms with E-state index in [0.29, 0.717) is 73.1 Å². The van der Waals surface area contributed by atoms with Gasteiger partial charge in [0.1, 0.15) is 11.6 Å². The standard InChI is InChI=1S/C26H32O4/c27-13-8-10-16-21(11-13)29-19-5-1-3-17-23-15-9-7-14(28)12-22(15)30-20-6-2-4-18(26(20)23)24(16)25(17)19/h17-22,25-26H,1-12H2/t17-,18+,19-,20-,21-,22+,25-,26-/m1/s1. The van der Waals surface area contributed by atoms with Crippen LogP contribution in [-0.2, 0) is 19.1 Å². The Morgan fingerprint density at radius 2 is 1.07 bits per heavy atom. The molecule has 0 spiro atoms. The highest BCUT2D eigenvalue weighted by Crippen LogP contribution is 2.62. The second-order valence-electron chi connectivity index (χ2n) is 10.9. The Morgan fingerprint density at radius 1 is 0.600 bits per heavy atom. The van der Waals surface area contributed by atoms with Gasteiger partial charge in [0.2, 0.25) is 0 Å². The Bertz CT molecular complexity index is 809. The number of fused-ring (bicyclic) bond motifs is 4. The summed E-state index contributed by atoms with van der Waals surface area (Å²) in [5, 5.41) is 0. The highest BCUT2D eigenvalue weighted by Gasteiger charge is 2.58. The van der Waals surface area contributed by atoms with Crippen LogP contribution >= 0.6 is 0 Å². The molecule has 0 amide bonds. The first-order valence-corrected chi connectivity index (χ1v) is 12.5. The highest BCUT2D eigenvalue weighted by atomic mass is 16.5. The fourth-order valence-electron chi connectivity index (χ4n) is 8.63. The lowest BCUT2D eigenvalue weighted by Gasteiger charge is -2.60. The van der Waals surface area contributed by atoms with Gasteiger partial charge in [-0.15, -0.1) is 0 Å². The van der Waals surface area contributed by atoms with E-state index in [2.05, 4.69) is 0 Å². The molecule has 0 unspecified atom stereocenters. The topological polar surface area (TPSA) is 52.6 Å². The molecule has 2 aliphatic heterocycles. The number of ketones is 2. The van der Waals surface area contributed by atoms with Crippen molar-refractivity contribution in [2.24, 2.45) is 23.7 Å². The number of carbonyl (C=O) groups excluding carboxylic acids is 2. The largest absolute Gasteiger partial charge is 0.370 e. The van der Waals surface area contributed by atoms with Gasteiger partial charge in [-0.1, -0.05) is 24.0 Å². The zero-order valence-electron chi connectivity index (χ0n) is 17.7. The molecule has 0 radical (unpaired) electrons. The first-order chi connectivity index (χ1) is 14.7. The molecule has 5 aliphatic carbocycles. The number of rotatable bonds is 0. The summed E-state index contributed by atoms with van der Waals surface area (Å²) in [5.41, 5.74) is 6.47. The van der Waals surface area contributed by atoms with Gasteiger partial charge in [-0.3, -0.25) is 9.59 Å². The van der Waals surface area contributed by atoms with Gasteiger partial charge in [-0.05, 0) is 61.5 Å². The molecule has 0 aromatic carbocycles. The molecule has 7 rings (SSSR count). The summed E-state index contributed by atoms with van der Waals surface area (Å²) >= 11 is 0. The van der Waals surface area contributed by atoms with Crippen LogP contribution in [-0.4, -0.2) is 36.0 Å². The van der Waals surface area contributed by atoms with Crippen LogP contribution in [0.2, 0.25) is 0 Å². The van der Waals surface area contributed by atoms with Crippen molar-refractivity contribution in [2.45, 2.75) is 101 Å². The smallest absolute Gasteiger partial charge is 0.136 e. The van der Waals surface area contributed by atoms with Crippen molar-refractivity contribution in [3.05, 3.63) is 22.3 Å². The molecule has 4 nitrogen and oxygen atoms in total. The van der Waals surface area contributed by atoms with E-state index in [4.69, 9.17) is 9.47 Å². The Hall–Kier alpha value is -1.26. The van der Waals surface area contributed by atoms with Gasteiger partial charge in [-0.25, -0.2) is 0 Å². The first-order valence-electron chi connectivity index (χ1n) is 12.5. The van der Waals surface area contributed by atoms with Crippen molar-refractivity contribution in [2.75, 3.05) is 0 Å². The predicted molar refractivity (Wildman–Crippen MR) is 111 cm³/mol. The molecule has 0 aromatic heterocycles. The quantitative estimate of drug-likeness (QED) is 0.555. The average Bonchev–Trinajstić information content (AvgIpc) is 2.75. The van der Waals surface area contributed by atoms with Crippen LogP contribution < -0.4 is 0 Å². The molecular weight excluding hydrogens is 376 g/mol. The van der Waals surface area contributed by atoms with Crippen molar-refractivity contribution in [1.29, 1.82) is 0 Å². The SMILES string of the molecule is O=C1CCC2=C3[C@H]4[C@@H](CCC[C@H]4C4=C5CCC(=O)C[C@H]5O[C@@H]5CCC[C@H]3[C@@H]45)O[C@H]2C1. The summed E-state index contributed by atoms with van der Waals surface area (Å²) in [6.45, 7) is 0. The van der Waals surface area contributed by atoms with Crippen molar-refractivity contribution in [1.82, 2.24) is 0 Å². The van der Waals surface area contributed by atoms with Crippen LogP contribution in [0.1, 0.15) is 77.0 Å². The molecule has 8 atom stereocenters. The fourth-order valence-corrected chi connectivity index (χ4v) is 8.63. The van der Waals surface area contributed by atoms with Gasteiger partial charge < -0.3 is 9.47 Å². The molecule has 0 aromatic rings. The third-order valence-electron chi connectivity index (χ3n) is 9.56. The Morgan fingerprint density at radius 3 is 1.53 bits per heavy atom. The van der Waals surface area contributed by atoms with Gasteiger partial charge in [0, 0.05) is 37.5 Å². The minimum Gasteiger partial charge on any atom is -0.370 e. The second kappa shape index (κ2) is 6.62. The Kier molecular flexibility index (Phi) is 4.04. The van der Waals surface area contributed by atoms with Gasteiger partial charge in [-0.2, -0.15) is 0 Å².